The second kappa shape index (κ2) is 5.83. The molecule has 1 rings (SSSR count). The van der Waals surface area contributed by atoms with Crippen LogP contribution in [0, 0.1) is 0 Å². The zero-order valence-electron chi connectivity index (χ0n) is 11.7. The molecule has 0 aliphatic carbocycles. The van der Waals surface area contributed by atoms with Crippen LogP contribution >= 0.6 is 0 Å². The smallest absolute Gasteiger partial charge is 0.350 e. The van der Waals surface area contributed by atoms with E-state index in [9.17, 15) is 18.0 Å². The molecule has 6 heteroatoms. The normalized spacial score (nSPS) is 13.9. The minimum atomic E-state index is -4.37. The van der Waals surface area contributed by atoms with Gasteiger partial charge < -0.3 is 11.1 Å². The van der Waals surface area contributed by atoms with Crippen LogP contribution in [0.25, 0.3) is 0 Å². The summed E-state index contributed by atoms with van der Waals surface area (Å²) in [5.74, 6) is -0.332. The number of rotatable bonds is 4. The van der Waals surface area contributed by atoms with Crippen molar-refractivity contribution in [3.8, 4) is 0 Å². The highest BCUT2D eigenvalue weighted by atomic mass is 19.4. The summed E-state index contributed by atoms with van der Waals surface area (Å²) in [7, 11) is 0. The molecule has 1 atom stereocenters. The van der Waals surface area contributed by atoms with Gasteiger partial charge in [0.25, 0.3) is 0 Å². The molecule has 0 radical (unpaired) electrons. The molecule has 0 bridgehead atoms. The Morgan fingerprint density at radius 2 is 1.95 bits per heavy atom. The number of carbonyl (C=O) groups excluding carboxylic acids is 1. The zero-order chi connectivity index (χ0) is 15.6. The van der Waals surface area contributed by atoms with Crippen LogP contribution in [0.1, 0.15) is 31.9 Å². The van der Waals surface area contributed by atoms with Gasteiger partial charge in [-0.3, -0.25) is 4.79 Å². The summed E-state index contributed by atoms with van der Waals surface area (Å²) < 4.78 is 37.9. The predicted octanol–water partition coefficient (Wildman–Crippen LogP) is 2.49. The number of amides is 1. The molecule has 3 nitrogen and oxygen atoms in total. The van der Waals surface area contributed by atoms with E-state index in [1.807, 2.05) is 0 Å². The number of benzene rings is 1. The van der Waals surface area contributed by atoms with Crippen molar-refractivity contribution in [3.05, 3.63) is 35.4 Å². The van der Waals surface area contributed by atoms with Gasteiger partial charge in [-0.2, -0.15) is 13.2 Å². The van der Waals surface area contributed by atoms with Crippen molar-refractivity contribution in [2.45, 2.75) is 44.9 Å². The van der Waals surface area contributed by atoms with E-state index in [-0.39, 0.29) is 12.3 Å². The van der Waals surface area contributed by atoms with Crippen LogP contribution in [0.15, 0.2) is 24.3 Å². The largest absolute Gasteiger partial charge is 0.416 e. The van der Waals surface area contributed by atoms with E-state index in [4.69, 9.17) is 5.73 Å². The van der Waals surface area contributed by atoms with E-state index in [0.717, 1.165) is 12.1 Å². The van der Waals surface area contributed by atoms with Gasteiger partial charge in [0, 0.05) is 5.54 Å². The lowest BCUT2D eigenvalue weighted by Crippen LogP contribution is -2.50. The lowest BCUT2D eigenvalue weighted by molar-refractivity contribution is -0.137. The summed E-state index contributed by atoms with van der Waals surface area (Å²) in [4.78, 5) is 11.6. The molecule has 112 valence electrons. The molecular formula is C14H19F3N2O. The van der Waals surface area contributed by atoms with Crippen LogP contribution in [0.3, 0.4) is 0 Å². The molecule has 0 spiro atoms. The van der Waals surface area contributed by atoms with Crippen molar-refractivity contribution in [1.29, 1.82) is 0 Å². The molecule has 0 saturated carbocycles. The summed E-state index contributed by atoms with van der Waals surface area (Å²) in [5, 5.41) is 2.72. The zero-order valence-corrected chi connectivity index (χ0v) is 11.7. The molecule has 0 fully saturated rings. The van der Waals surface area contributed by atoms with Gasteiger partial charge >= 0.3 is 6.18 Å². The Morgan fingerprint density at radius 3 is 2.45 bits per heavy atom. The molecule has 1 amide bonds. The van der Waals surface area contributed by atoms with Gasteiger partial charge in [-0.1, -0.05) is 18.2 Å². The van der Waals surface area contributed by atoms with Crippen molar-refractivity contribution >= 4 is 5.91 Å². The molecule has 3 N–H and O–H groups in total. The van der Waals surface area contributed by atoms with Crippen molar-refractivity contribution in [2.75, 3.05) is 0 Å². The highest BCUT2D eigenvalue weighted by Crippen LogP contribution is 2.30. The Balaban J connectivity index is 2.85. The van der Waals surface area contributed by atoms with Gasteiger partial charge in [0.1, 0.15) is 0 Å². The SMILES string of the molecule is CC(N)C(=O)NC(C)(C)Cc1cccc(C(F)(F)F)c1. The highest BCUT2D eigenvalue weighted by Gasteiger charge is 2.31. The number of nitrogens with one attached hydrogen (secondary N) is 1. The second-order valence-corrected chi connectivity index (χ2v) is 5.54. The van der Waals surface area contributed by atoms with Crippen molar-refractivity contribution in [1.82, 2.24) is 5.32 Å². The number of hydrogen-bond donors (Lipinski definition) is 2. The molecule has 20 heavy (non-hydrogen) atoms. The Kier molecular flexibility index (Phi) is 4.81. The molecule has 0 heterocycles. The third-order valence-corrected chi connectivity index (χ3v) is 2.78. The Labute approximate surface area is 116 Å². The fraction of sp³-hybridized carbons (Fsp3) is 0.500. The fourth-order valence-electron chi connectivity index (χ4n) is 1.86. The average molecular weight is 288 g/mol. The maximum Gasteiger partial charge on any atom is 0.416 e. The van der Waals surface area contributed by atoms with Crippen LogP contribution in [0.4, 0.5) is 13.2 Å². The number of hydrogen-bond acceptors (Lipinski definition) is 2. The fourth-order valence-corrected chi connectivity index (χ4v) is 1.86. The Morgan fingerprint density at radius 1 is 1.35 bits per heavy atom. The molecule has 1 unspecified atom stereocenters. The standard InChI is InChI=1S/C14H19F3N2O/c1-9(18)12(20)19-13(2,3)8-10-5-4-6-11(7-10)14(15,16)17/h4-7,9H,8,18H2,1-3H3,(H,19,20). The van der Waals surface area contributed by atoms with E-state index >= 15 is 0 Å². The van der Waals surface area contributed by atoms with E-state index in [1.54, 1.807) is 26.8 Å². The molecule has 0 aliphatic heterocycles. The van der Waals surface area contributed by atoms with Crippen LogP contribution in [-0.2, 0) is 17.4 Å². The molecule has 0 aliphatic rings. The molecule has 0 aromatic heterocycles. The van der Waals surface area contributed by atoms with Crippen molar-refractivity contribution in [3.63, 3.8) is 0 Å². The van der Waals surface area contributed by atoms with E-state index in [0.29, 0.717) is 5.56 Å². The Bertz CT molecular complexity index is 482. The molecule has 1 aromatic rings. The minimum absolute atomic E-state index is 0.287. The van der Waals surface area contributed by atoms with Gasteiger partial charge in [-0.05, 0) is 38.8 Å². The van der Waals surface area contributed by atoms with E-state index in [2.05, 4.69) is 5.32 Å². The molecular weight excluding hydrogens is 269 g/mol. The van der Waals surface area contributed by atoms with Crippen LogP contribution in [0.2, 0.25) is 0 Å². The topological polar surface area (TPSA) is 55.1 Å². The lowest BCUT2D eigenvalue weighted by Gasteiger charge is -2.27. The first-order valence-electron chi connectivity index (χ1n) is 6.25. The quantitative estimate of drug-likeness (QED) is 0.894. The number of nitrogens with two attached hydrogens (primary N) is 1. The number of alkyl halides is 3. The van der Waals surface area contributed by atoms with Gasteiger partial charge in [-0.25, -0.2) is 0 Å². The number of halogens is 3. The van der Waals surface area contributed by atoms with Crippen LogP contribution < -0.4 is 11.1 Å². The van der Waals surface area contributed by atoms with Crippen LogP contribution in [0.5, 0.6) is 0 Å². The third-order valence-electron chi connectivity index (χ3n) is 2.78. The van der Waals surface area contributed by atoms with Crippen LogP contribution in [-0.4, -0.2) is 17.5 Å². The third kappa shape index (κ3) is 4.85. The van der Waals surface area contributed by atoms with Gasteiger partial charge in [-0.15, -0.1) is 0 Å². The first-order chi connectivity index (χ1) is 9.01. The highest BCUT2D eigenvalue weighted by molar-refractivity contribution is 5.81. The summed E-state index contributed by atoms with van der Waals surface area (Å²) in [5.41, 5.74) is 4.60. The Hall–Kier alpha value is -1.56. The van der Waals surface area contributed by atoms with E-state index < -0.39 is 23.3 Å². The molecule has 0 saturated heterocycles. The first kappa shape index (κ1) is 16.5. The maximum absolute atomic E-state index is 12.6. The summed E-state index contributed by atoms with van der Waals surface area (Å²) in [6.07, 6.45) is -4.08. The van der Waals surface area contributed by atoms with E-state index in [1.165, 1.54) is 6.07 Å². The summed E-state index contributed by atoms with van der Waals surface area (Å²) in [6, 6.07) is 4.43. The average Bonchev–Trinajstić information content (AvgIpc) is 2.26. The van der Waals surface area contributed by atoms with Crippen molar-refractivity contribution in [2.24, 2.45) is 5.73 Å². The minimum Gasteiger partial charge on any atom is -0.350 e. The van der Waals surface area contributed by atoms with Gasteiger partial charge in [0.05, 0.1) is 11.6 Å². The van der Waals surface area contributed by atoms with Gasteiger partial charge in [0.2, 0.25) is 5.91 Å². The first-order valence-corrected chi connectivity index (χ1v) is 6.25. The molecule has 1 aromatic carbocycles. The lowest BCUT2D eigenvalue weighted by atomic mass is 9.93. The number of carbonyl (C=O) groups is 1. The van der Waals surface area contributed by atoms with Crippen molar-refractivity contribution < 1.29 is 18.0 Å². The maximum atomic E-state index is 12.6. The monoisotopic (exact) mass is 288 g/mol. The summed E-state index contributed by atoms with van der Waals surface area (Å²) in [6.45, 7) is 5.04. The predicted molar refractivity (Wildman–Crippen MR) is 71.0 cm³/mol. The second-order valence-electron chi connectivity index (χ2n) is 5.54. The summed E-state index contributed by atoms with van der Waals surface area (Å²) >= 11 is 0. The van der Waals surface area contributed by atoms with Gasteiger partial charge in [0.15, 0.2) is 0 Å².